The Labute approximate surface area is 77.4 Å². The zero-order chi connectivity index (χ0) is 10.9. The summed E-state index contributed by atoms with van der Waals surface area (Å²) in [6, 6.07) is 0. The lowest BCUT2D eigenvalue weighted by atomic mass is 10.1. The molecule has 0 amide bonds. The van der Waals surface area contributed by atoms with Crippen molar-refractivity contribution in [3.8, 4) is 0 Å². The fourth-order valence-electron chi connectivity index (χ4n) is 1.02. The molecule has 0 aliphatic heterocycles. The molecule has 0 saturated carbocycles. The largest absolute Gasteiger partial charge is 0.211 e. The Morgan fingerprint density at radius 1 is 0.714 bits per heavy atom. The molecule has 0 aromatic heterocycles. The number of halogens is 5. The predicted molar refractivity (Wildman–Crippen MR) is 41.5 cm³/mol. The molecule has 0 nitrogen and oxygen atoms in total. The normalized spacial score (nSPS) is 25.3. The van der Waals surface area contributed by atoms with Crippen LogP contribution in [-0.2, 0) is 0 Å². The van der Waals surface area contributed by atoms with Gasteiger partial charge >= 0.3 is 0 Å². The minimum Gasteiger partial charge on any atom is -0.211 e. The van der Waals surface area contributed by atoms with E-state index in [0.29, 0.717) is 0 Å². The highest BCUT2D eigenvalue weighted by Crippen LogP contribution is 2.34. The Balaban J connectivity index is 3.31. The van der Waals surface area contributed by atoms with Crippen molar-refractivity contribution in [2.45, 2.75) is 19.8 Å². The molecule has 0 spiro atoms. The van der Waals surface area contributed by atoms with Crippen LogP contribution in [0.4, 0.5) is 22.0 Å². The maximum atomic E-state index is 12.9. The van der Waals surface area contributed by atoms with Gasteiger partial charge in [-0.05, 0) is 6.92 Å². The van der Waals surface area contributed by atoms with E-state index in [9.17, 15) is 22.0 Å². The molecule has 0 radical (unpaired) electrons. The molecule has 0 atom stereocenters. The van der Waals surface area contributed by atoms with Gasteiger partial charge in [0.2, 0.25) is 0 Å². The van der Waals surface area contributed by atoms with E-state index in [1.165, 1.54) is 0 Å². The third kappa shape index (κ3) is 1.86. The molecule has 0 fully saturated rings. The van der Waals surface area contributed by atoms with Gasteiger partial charge in [-0.3, -0.25) is 0 Å². The van der Waals surface area contributed by atoms with Crippen molar-refractivity contribution in [1.29, 1.82) is 0 Å². The Kier molecular flexibility index (Phi) is 3.08. The first-order valence-corrected chi connectivity index (χ1v) is 3.90. The summed E-state index contributed by atoms with van der Waals surface area (Å²) in [5.74, 6) is -7.99. The molecule has 0 aromatic rings. The van der Waals surface area contributed by atoms with Gasteiger partial charge in [-0.2, -0.15) is 0 Å². The smallest absolute Gasteiger partial charge is 0.197 e. The van der Waals surface area contributed by atoms with E-state index >= 15 is 0 Å². The number of rotatable bonds is 0. The van der Waals surface area contributed by atoms with Crippen LogP contribution in [0.5, 0.6) is 0 Å². The van der Waals surface area contributed by atoms with Gasteiger partial charge < -0.3 is 0 Å². The molecule has 78 valence electrons. The Hall–Kier alpha value is -1.13. The molecule has 1 aliphatic rings. The van der Waals surface area contributed by atoms with E-state index in [1.807, 2.05) is 0 Å². The monoisotopic (exact) mass is 210 g/mol. The lowest BCUT2D eigenvalue weighted by Crippen LogP contribution is -1.95. The van der Waals surface area contributed by atoms with E-state index < -0.39 is 47.5 Å². The Morgan fingerprint density at radius 3 is 1.79 bits per heavy atom. The van der Waals surface area contributed by atoms with Gasteiger partial charge in [0, 0.05) is 18.4 Å². The molecule has 0 N–H and O–H groups in total. The molecule has 0 aromatic carbocycles. The molecular formula is C9H7F5. The van der Waals surface area contributed by atoms with Crippen molar-refractivity contribution >= 4 is 0 Å². The summed E-state index contributed by atoms with van der Waals surface area (Å²) in [4.78, 5) is 0. The average molecular weight is 210 g/mol. The fraction of sp³-hybridized carbons (Fsp3) is 0.333. The zero-order valence-corrected chi connectivity index (χ0v) is 7.30. The summed E-state index contributed by atoms with van der Waals surface area (Å²) >= 11 is 0. The van der Waals surface area contributed by atoms with Gasteiger partial charge in [0.1, 0.15) is 11.7 Å². The van der Waals surface area contributed by atoms with E-state index in [2.05, 4.69) is 0 Å². The topological polar surface area (TPSA) is 0 Å². The van der Waals surface area contributed by atoms with Crippen molar-refractivity contribution < 1.29 is 22.0 Å². The Bertz CT molecular complexity index is 314. The second-order valence-corrected chi connectivity index (χ2v) is 2.88. The average Bonchev–Trinajstić information content (AvgIpc) is 2.19. The van der Waals surface area contributed by atoms with Crippen molar-refractivity contribution in [3.05, 3.63) is 34.7 Å². The molecule has 0 heterocycles. The van der Waals surface area contributed by atoms with Crippen molar-refractivity contribution in [1.82, 2.24) is 0 Å². The minimum atomic E-state index is -1.98. The fourth-order valence-corrected chi connectivity index (χ4v) is 1.02. The van der Waals surface area contributed by atoms with Crippen molar-refractivity contribution in [2.24, 2.45) is 0 Å². The van der Waals surface area contributed by atoms with Crippen LogP contribution in [0.2, 0.25) is 0 Å². The maximum absolute atomic E-state index is 12.9. The number of hydrogen-bond donors (Lipinski definition) is 0. The van der Waals surface area contributed by atoms with Crippen LogP contribution in [0, 0.1) is 0 Å². The van der Waals surface area contributed by atoms with E-state index in [0.717, 1.165) is 6.92 Å². The zero-order valence-electron chi connectivity index (χ0n) is 7.30. The van der Waals surface area contributed by atoms with Gasteiger partial charge in [0.15, 0.2) is 17.5 Å². The lowest BCUT2D eigenvalue weighted by molar-refractivity contribution is 0.436. The first-order valence-electron chi connectivity index (χ1n) is 3.90. The van der Waals surface area contributed by atoms with Crippen LogP contribution in [0.3, 0.4) is 0 Å². The van der Waals surface area contributed by atoms with Crippen molar-refractivity contribution in [2.75, 3.05) is 0 Å². The Morgan fingerprint density at radius 2 is 1.21 bits per heavy atom. The third-order valence-corrected chi connectivity index (χ3v) is 1.92. The summed E-state index contributed by atoms with van der Waals surface area (Å²) in [5, 5.41) is 0. The minimum absolute atomic E-state index is 0.466. The van der Waals surface area contributed by atoms with Crippen LogP contribution in [0.1, 0.15) is 19.8 Å². The van der Waals surface area contributed by atoms with Crippen LogP contribution in [-0.4, -0.2) is 0 Å². The van der Waals surface area contributed by atoms with E-state index in [4.69, 9.17) is 0 Å². The predicted octanol–water partition coefficient (Wildman–Crippen LogP) is 4.32. The van der Waals surface area contributed by atoms with E-state index in [1.54, 1.807) is 0 Å². The first kappa shape index (κ1) is 10.9. The summed E-state index contributed by atoms with van der Waals surface area (Å²) in [5.41, 5.74) is -0.620. The number of hydrogen-bond acceptors (Lipinski definition) is 0. The second kappa shape index (κ2) is 3.94. The molecule has 1 aliphatic carbocycles. The molecule has 0 bridgehead atoms. The van der Waals surface area contributed by atoms with Crippen molar-refractivity contribution in [3.63, 3.8) is 0 Å². The second-order valence-electron chi connectivity index (χ2n) is 2.88. The van der Waals surface area contributed by atoms with Crippen LogP contribution in [0.15, 0.2) is 34.7 Å². The van der Waals surface area contributed by atoms with Gasteiger partial charge in [-0.1, -0.05) is 0 Å². The van der Waals surface area contributed by atoms with Crippen LogP contribution >= 0.6 is 0 Å². The summed E-state index contributed by atoms with van der Waals surface area (Å²) in [7, 11) is 0. The van der Waals surface area contributed by atoms with Gasteiger partial charge in [-0.15, -0.1) is 0 Å². The van der Waals surface area contributed by atoms with Crippen LogP contribution in [0.25, 0.3) is 0 Å². The molecular weight excluding hydrogens is 203 g/mol. The van der Waals surface area contributed by atoms with E-state index in [-0.39, 0.29) is 0 Å². The van der Waals surface area contributed by atoms with Gasteiger partial charge in [0.05, 0.1) is 0 Å². The highest BCUT2D eigenvalue weighted by molar-refractivity contribution is 5.37. The maximum Gasteiger partial charge on any atom is 0.197 e. The quantitative estimate of drug-likeness (QED) is 0.522. The highest BCUT2D eigenvalue weighted by atomic mass is 19.2. The third-order valence-electron chi connectivity index (χ3n) is 1.92. The highest BCUT2D eigenvalue weighted by Gasteiger charge is 2.23. The summed E-state index contributed by atoms with van der Waals surface area (Å²) in [6.07, 6.45) is -1.07. The van der Waals surface area contributed by atoms with Gasteiger partial charge in [-0.25, -0.2) is 22.0 Å². The SMILES string of the molecule is CC1=C(F)CC/C(F)=C(\F)C(F)=C1F. The van der Waals surface area contributed by atoms with Gasteiger partial charge in [0.25, 0.3) is 0 Å². The molecule has 14 heavy (non-hydrogen) atoms. The summed E-state index contributed by atoms with van der Waals surface area (Å²) < 4.78 is 63.7. The molecule has 1 rings (SSSR count). The first-order chi connectivity index (χ1) is 6.45. The molecule has 5 heteroatoms. The number of allylic oxidation sites excluding steroid dienone is 6. The standard InChI is InChI=1S/C9H7F5/c1-4-5(10)2-3-6(11)8(13)9(14)7(4)12/h2-3H2,1H3/b5-4?,8-6+,9-7?. The molecule has 0 saturated heterocycles. The lowest BCUT2D eigenvalue weighted by Gasteiger charge is -2.07. The summed E-state index contributed by atoms with van der Waals surface area (Å²) in [6.45, 7) is 0.973. The van der Waals surface area contributed by atoms with Crippen LogP contribution < -0.4 is 0 Å². The molecule has 0 unspecified atom stereocenters.